The van der Waals surface area contributed by atoms with E-state index in [0.29, 0.717) is 15.9 Å². The minimum Gasteiger partial charge on any atom is -0.492 e. The van der Waals surface area contributed by atoms with Crippen LogP contribution in [-0.2, 0) is 0 Å². The Hall–Kier alpha value is -2.17. The van der Waals surface area contributed by atoms with Gasteiger partial charge in [-0.25, -0.2) is 4.79 Å². The molecule has 0 saturated carbocycles. The Balaban J connectivity index is 2.64. The molecule has 0 radical (unpaired) electrons. The number of nitrogen functional groups attached to an aromatic ring is 1. The van der Waals surface area contributed by atoms with Crippen LogP contribution in [0.5, 0.6) is 5.88 Å². The number of hydrogen-bond acceptors (Lipinski definition) is 3. The van der Waals surface area contributed by atoms with Crippen LogP contribution in [0.3, 0.4) is 0 Å². The van der Waals surface area contributed by atoms with E-state index < -0.39 is 5.69 Å². The zero-order valence-electron chi connectivity index (χ0n) is 7.27. The molecule has 5 heteroatoms. The number of H-pyrrole nitrogens is 1. The molecule has 0 saturated heterocycles. The normalized spacial score (nSPS) is 10.3. The maximum atomic E-state index is 11.1. The fraction of sp³-hybridized carbons (Fsp3) is 0. The molecule has 0 atom stereocenters. The maximum absolute atomic E-state index is 11.1. The quantitative estimate of drug-likeness (QED) is 0.565. The molecule has 14 heavy (non-hydrogen) atoms. The minimum absolute atomic E-state index is 0.263. The number of benzene rings is 1. The summed E-state index contributed by atoms with van der Waals surface area (Å²) in [6, 6.07) is 9.00. The average Bonchev–Trinajstić information content (AvgIpc) is 2.47. The van der Waals surface area contributed by atoms with Crippen molar-refractivity contribution in [1.29, 1.82) is 0 Å². The van der Waals surface area contributed by atoms with Crippen LogP contribution >= 0.6 is 0 Å². The molecule has 0 aliphatic carbocycles. The van der Waals surface area contributed by atoms with Crippen LogP contribution in [-0.4, -0.2) is 14.8 Å². The van der Waals surface area contributed by atoms with Gasteiger partial charge in [0.2, 0.25) is 5.88 Å². The minimum atomic E-state index is -0.540. The fourth-order valence-corrected chi connectivity index (χ4v) is 1.25. The van der Waals surface area contributed by atoms with Crippen LogP contribution in [0, 0.1) is 0 Å². The van der Waals surface area contributed by atoms with Gasteiger partial charge in [0.1, 0.15) is 5.69 Å². The number of nitrogens with two attached hydrogens (primary N) is 1. The Labute approximate surface area is 79.4 Å². The van der Waals surface area contributed by atoms with Crippen molar-refractivity contribution in [3.63, 3.8) is 0 Å². The van der Waals surface area contributed by atoms with E-state index in [1.54, 1.807) is 24.3 Å². The Morgan fingerprint density at radius 1 is 1.29 bits per heavy atom. The third-order valence-corrected chi connectivity index (χ3v) is 1.96. The lowest BCUT2D eigenvalue weighted by molar-refractivity contribution is 0.438. The smallest absolute Gasteiger partial charge is 0.347 e. The van der Waals surface area contributed by atoms with Crippen molar-refractivity contribution in [2.75, 3.05) is 5.84 Å². The molecular formula is C9H9N3O2. The van der Waals surface area contributed by atoms with E-state index in [9.17, 15) is 9.90 Å². The first-order valence-electron chi connectivity index (χ1n) is 4.04. The van der Waals surface area contributed by atoms with Crippen molar-refractivity contribution in [3.8, 4) is 17.1 Å². The molecule has 1 heterocycles. The number of rotatable bonds is 1. The summed E-state index contributed by atoms with van der Waals surface area (Å²) in [7, 11) is 0. The molecule has 2 rings (SSSR count). The summed E-state index contributed by atoms with van der Waals surface area (Å²) in [5.74, 6) is 5.00. The summed E-state index contributed by atoms with van der Waals surface area (Å²) < 4.78 is 0.669. The second-order valence-corrected chi connectivity index (χ2v) is 2.86. The first kappa shape index (κ1) is 8.43. The number of aromatic nitrogens is 2. The van der Waals surface area contributed by atoms with E-state index in [-0.39, 0.29) is 5.88 Å². The van der Waals surface area contributed by atoms with Gasteiger partial charge in [0.15, 0.2) is 0 Å². The van der Waals surface area contributed by atoms with Crippen LogP contribution in [0.4, 0.5) is 0 Å². The van der Waals surface area contributed by atoms with Gasteiger partial charge in [-0.1, -0.05) is 30.3 Å². The monoisotopic (exact) mass is 191 g/mol. The highest BCUT2D eigenvalue weighted by Gasteiger charge is 2.11. The zero-order chi connectivity index (χ0) is 10.1. The summed E-state index contributed by atoms with van der Waals surface area (Å²) in [5, 5.41) is 9.48. The molecule has 5 nitrogen and oxygen atoms in total. The summed E-state index contributed by atoms with van der Waals surface area (Å²) in [6.07, 6.45) is 0. The number of aromatic hydroxyl groups is 1. The van der Waals surface area contributed by atoms with E-state index in [2.05, 4.69) is 4.98 Å². The van der Waals surface area contributed by atoms with Crippen molar-refractivity contribution >= 4 is 0 Å². The predicted molar refractivity (Wildman–Crippen MR) is 52.3 cm³/mol. The molecule has 0 aliphatic rings. The largest absolute Gasteiger partial charge is 0.492 e. The summed E-state index contributed by atoms with van der Waals surface area (Å²) in [5.41, 5.74) is 0.505. The Bertz CT molecular complexity index is 499. The second kappa shape index (κ2) is 2.95. The first-order valence-corrected chi connectivity index (χ1v) is 4.04. The number of nitrogens with one attached hydrogen (secondary N) is 1. The standard InChI is InChI=1S/C9H9N3O2/c10-12-8(13)7(11-9(12)14)6-4-2-1-3-5-6/h1-5,13H,10H2,(H,11,14). The van der Waals surface area contributed by atoms with Gasteiger partial charge < -0.3 is 15.9 Å². The van der Waals surface area contributed by atoms with Gasteiger partial charge in [-0.3, -0.25) is 0 Å². The Morgan fingerprint density at radius 2 is 1.93 bits per heavy atom. The highest BCUT2D eigenvalue weighted by atomic mass is 16.3. The van der Waals surface area contributed by atoms with Crippen molar-refractivity contribution < 1.29 is 5.11 Å². The lowest BCUT2D eigenvalue weighted by Gasteiger charge is -1.97. The Kier molecular flexibility index (Phi) is 1.78. The molecule has 0 bridgehead atoms. The van der Waals surface area contributed by atoms with E-state index in [1.165, 1.54) is 0 Å². The van der Waals surface area contributed by atoms with Crippen LogP contribution < -0.4 is 11.5 Å². The fourth-order valence-electron chi connectivity index (χ4n) is 1.25. The molecule has 1 aromatic heterocycles. The topological polar surface area (TPSA) is 84.0 Å². The van der Waals surface area contributed by atoms with E-state index in [1.807, 2.05) is 6.07 Å². The number of imidazole rings is 1. The van der Waals surface area contributed by atoms with Crippen molar-refractivity contribution in [2.24, 2.45) is 0 Å². The van der Waals surface area contributed by atoms with Gasteiger partial charge >= 0.3 is 5.69 Å². The summed E-state index contributed by atoms with van der Waals surface area (Å²) in [4.78, 5) is 13.5. The lowest BCUT2D eigenvalue weighted by atomic mass is 10.2. The maximum Gasteiger partial charge on any atom is 0.347 e. The SMILES string of the molecule is Nn1c(O)c(-c2ccccc2)[nH]c1=O. The number of hydrogen-bond donors (Lipinski definition) is 3. The van der Waals surface area contributed by atoms with Gasteiger partial charge in [-0.05, 0) is 0 Å². The van der Waals surface area contributed by atoms with Gasteiger partial charge in [0, 0.05) is 5.56 Å². The Morgan fingerprint density at radius 3 is 2.43 bits per heavy atom. The number of nitrogens with zero attached hydrogens (tertiary/aromatic N) is 1. The second-order valence-electron chi connectivity index (χ2n) is 2.86. The van der Waals surface area contributed by atoms with Crippen molar-refractivity contribution in [3.05, 3.63) is 40.8 Å². The molecule has 0 aliphatic heterocycles. The molecule has 0 unspecified atom stereocenters. The molecule has 0 amide bonds. The zero-order valence-corrected chi connectivity index (χ0v) is 7.27. The average molecular weight is 191 g/mol. The molecule has 2 aromatic rings. The van der Waals surface area contributed by atoms with Crippen molar-refractivity contribution in [1.82, 2.24) is 9.66 Å². The number of aromatic amines is 1. The summed E-state index contributed by atoms with van der Waals surface area (Å²) in [6.45, 7) is 0. The molecule has 0 spiro atoms. The van der Waals surface area contributed by atoms with E-state index in [0.717, 1.165) is 0 Å². The molecule has 4 N–H and O–H groups in total. The van der Waals surface area contributed by atoms with Crippen LogP contribution in [0.2, 0.25) is 0 Å². The molecule has 1 aromatic carbocycles. The first-order chi connectivity index (χ1) is 6.70. The van der Waals surface area contributed by atoms with Gasteiger partial charge in [0.25, 0.3) is 0 Å². The highest BCUT2D eigenvalue weighted by molar-refractivity contribution is 5.63. The summed E-state index contributed by atoms with van der Waals surface area (Å²) >= 11 is 0. The highest BCUT2D eigenvalue weighted by Crippen LogP contribution is 2.23. The van der Waals surface area contributed by atoms with Gasteiger partial charge in [-0.2, -0.15) is 4.68 Å². The van der Waals surface area contributed by atoms with Crippen LogP contribution in [0.1, 0.15) is 0 Å². The third-order valence-electron chi connectivity index (χ3n) is 1.96. The molecule has 72 valence electrons. The lowest BCUT2D eigenvalue weighted by Crippen LogP contribution is -2.23. The van der Waals surface area contributed by atoms with Crippen LogP contribution in [0.25, 0.3) is 11.3 Å². The third kappa shape index (κ3) is 1.15. The van der Waals surface area contributed by atoms with Gasteiger partial charge in [0.05, 0.1) is 0 Å². The molecule has 0 fully saturated rings. The van der Waals surface area contributed by atoms with E-state index in [4.69, 9.17) is 5.84 Å². The predicted octanol–water partition coefficient (Wildman–Crippen LogP) is 0.263. The van der Waals surface area contributed by atoms with Crippen molar-refractivity contribution in [2.45, 2.75) is 0 Å². The molecular weight excluding hydrogens is 182 g/mol. The van der Waals surface area contributed by atoms with E-state index >= 15 is 0 Å². The van der Waals surface area contributed by atoms with Crippen LogP contribution in [0.15, 0.2) is 35.1 Å². The van der Waals surface area contributed by atoms with Gasteiger partial charge in [-0.15, -0.1) is 0 Å².